The van der Waals surface area contributed by atoms with Crippen LogP contribution in [0.1, 0.15) is 35.7 Å². The average Bonchev–Trinajstić information content (AvgIpc) is 2.99. The van der Waals surface area contributed by atoms with Gasteiger partial charge < -0.3 is 4.74 Å². The summed E-state index contributed by atoms with van der Waals surface area (Å²) in [4.78, 5) is 16.3. The molecule has 0 amide bonds. The molecule has 0 saturated heterocycles. The van der Waals surface area contributed by atoms with E-state index in [2.05, 4.69) is 32.1 Å². The van der Waals surface area contributed by atoms with Gasteiger partial charge in [-0.05, 0) is 22.9 Å². The van der Waals surface area contributed by atoms with Crippen LogP contribution in [0.25, 0.3) is 5.13 Å². The van der Waals surface area contributed by atoms with E-state index in [1.165, 1.54) is 23.1 Å². The molecular weight excluding hydrogens is 388 g/mol. The summed E-state index contributed by atoms with van der Waals surface area (Å²) in [6.45, 7) is 5.86. The third-order valence-electron chi connectivity index (χ3n) is 2.58. The number of ether oxygens (including phenoxy) is 1. The Labute approximate surface area is 144 Å². The molecule has 0 aliphatic rings. The molecule has 0 saturated carbocycles. The van der Waals surface area contributed by atoms with Gasteiger partial charge in [0.1, 0.15) is 10.3 Å². The second-order valence-corrected chi connectivity index (χ2v) is 8.18. The number of methoxy groups -OCH3 is 1. The lowest BCUT2D eigenvalue weighted by Gasteiger charge is -2.02. The van der Waals surface area contributed by atoms with Crippen molar-refractivity contribution in [3.63, 3.8) is 0 Å². The summed E-state index contributed by atoms with van der Waals surface area (Å²) < 4.78 is 7.59. The molecule has 2 rings (SSSR count). The molecule has 0 aliphatic heterocycles. The number of thioether (sulfide) groups is 1. The third-order valence-corrected chi connectivity index (χ3v) is 5.77. The monoisotopic (exact) mass is 400 g/mol. The molecular formula is C13H13BrN4O2S2. The summed E-state index contributed by atoms with van der Waals surface area (Å²) in [6.07, 6.45) is 0. The number of hydrogen-bond donors (Lipinski definition) is 0. The average molecular weight is 401 g/mol. The fourth-order valence-corrected chi connectivity index (χ4v) is 4.41. The number of carbonyl (C=O) groups is 1. The molecule has 6 nitrogen and oxygen atoms in total. The Hall–Kier alpha value is -1.37. The topological polar surface area (TPSA) is 80.8 Å². The standard InChI is InChI=1S/C13H13BrN4O2S2/c1-6(2)21-12-8(5-15)16-13(22-12)18-10(11(19)20-4)9(14)7(3)17-18/h6H,1-4H3. The fourth-order valence-electron chi connectivity index (χ4n) is 1.67. The highest BCUT2D eigenvalue weighted by atomic mass is 79.9. The van der Waals surface area contributed by atoms with E-state index >= 15 is 0 Å². The number of aryl methyl sites for hydroxylation is 1. The molecule has 0 aromatic carbocycles. The summed E-state index contributed by atoms with van der Waals surface area (Å²) >= 11 is 6.24. The maximum absolute atomic E-state index is 12.0. The third kappa shape index (κ3) is 3.19. The summed E-state index contributed by atoms with van der Waals surface area (Å²) in [5, 5.41) is 14.3. The van der Waals surface area contributed by atoms with Crippen LogP contribution in [0.4, 0.5) is 0 Å². The van der Waals surface area contributed by atoms with Gasteiger partial charge in [-0.1, -0.05) is 25.2 Å². The zero-order valence-corrected chi connectivity index (χ0v) is 15.6. The summed E-state index contributed by atoms with van der Waals surface area (Å²) in [7, 11) is 1.31. The Morgan fingerprint density at radius 3 is 2.77 bits per heavy atom. The van der Waals surface area contributed by atoms with Gasteiger partial charge in [-0.3, -0.25) is 0 Å². The maximum atomic E-state index is 12.0. The molecule has 0 bridgehead atoms. The van der Waals surface area contributed by atoms with Crippen molar-refractivity contribution >= 4 is 45.0 Å². The van der Waals surface area contributed by atoms with E-state index in [0.29, 0.717) is 26.2 Å². The molecule has 0 atom stereocenters. The molecule has 0 radical (unpaired) electrons. The molecule has 0 fully saturated rings. The molecule has 0 spiro atoms. The fraction of sp³-hybridized carbons (Fsp3) is 0.385. The van der Waals surface area contributed by atoms with Crippen molar-refractivity contribution in [1.82, 2.24) is 14.8 Å². The number of esters is 1. The number of thiazole rings is 1. The SMILES string of the molecule is COC(=O)c1c(Br)c(C)nn1-c1nc(C#N)c(SC(C)C)s1. The van der Waals surface area contributed by atoms with E-state index in [0.717, 1.165) is 4.21 Å². The normalized spacial score (nSPS) is 10.8. The van der Waals surface area contributed by atoms with Crippen molar-refractivity contribution in [2.24, 2.45) is 0 Å². The molecule has 2 aromatic heterocycles. The van der Waals surface area contributed by atoms with E-state index in [-0.39, 0.29) is 5.69 Å². The van der Waals surface area contributed by atoms with Gasteiger partial charge in [-0.2, -0.15) is 15.0 Å². The first-order valence-electron chi connectivity index (χ1n) is 6.30. The van der Waals surface area contributed by atoms with Crippen LogP contribution in [-0.4, -0.2) is 33.1 Å². The van der Waals surface area contributed by atoms with Crippen LogP contribution in [-0.2, 0) is 4.74 Å². The van der Waals surface area contributed by atoms with E-state index < -0.39 is 5.97 Å². The molecule has 9 heteroatoms. The number of hydrogen-bond acceptors (Lipinski definition) is 7. The van der Waals surface area contributed by atoms with E-state index in [4.69, 9.17) is 4.74 Å². The minimum Gasteiger partial charge on any atom is -0.464 e. The van der Waals surface area contributed by atoms with Crippen LogP contribution in [0, 0.1) is 18.3 Å². The van der Waals surface area contributed by atoms with Gasteiger partial charge in [0.2, 0.25) is 5.13 Å². The second kappa shape index (κ2) is 6.81. The first-order valence-corrected chi connectivity index (χ1v) is 8.79. The van der Waals surface area contributed by atoms with Crippen LogP contribution in [0.2, 0.25) is 0 Å². The Morgan fingerprint density at radius 2 is 2.23 bits per heavy atom. The van der Waals surface area contributed by atoms with Gasteiger partial charge >= 0.3 is 5.97 Å². The van der Waals surface area contributed by atoms with E-state index in [1.807, 2.05) is 13.8 Å². The Bertz CT molecular complexity index is 761. The van der Waals surface area contributed by atoms with Gasteiger partial charge in [0.05, 0.1) is 17.3 Å². The predicted molar refractivity (Wildman–Crippen MR) is 88.7 cm³/mol. The van der Waals surface area contributed by atoms with Gasteiger partial charge in [0.15, 0.2) is 11.4 Å². The zero-order chi connectivity index (χ0) is 16.4. The Kier molecular flexibility index (Phi) is 5.26. The van der Waals surface area contributed by atoms with Crippen molar-refractivity contribution in [2.45, 2.75) is 30.2 Å². The van der Waals surface area contributed by atoms with Crippen LogP contribution >= 0.6 is 39.0 Å². The van der Waals surface area contributed by atoms with E-state index in [9.17, 15) is 10.1 Å². The van der Waals surface area contributed by atoms with Crippen molar-refractivity contribution < 1.29 is 9.53 Å². The first kappa shape index (κ1) is 17.0. The number of rotatable bonds is 4. The largest absolute Gasteiger partial charge is 0.464 e. The summed E-state index contributed by atoms with van der Waals surface area (Å²) in [5.74, 6) is -0.515. The highest BCUT2D eigenvalue weighted by molar-refractivity contribution is 9.10. The minimum atomic E-state index is -0.515. The number of nitrogens with zero attached hydrogens (tertiary/aromatic N) is 4. The van der Waals surface area contributed by atoms with Crippen LogP contribution in [0.5, 0.6) is 0 Å². The molecule has 22 heavy (non-hydrogen) atoms. The predicted octanol–water partition coefficient (Wildman–Crippen LogP) is 3.56. The second-order valence-electron chi connectivity index (χ2n) is 4.56. The summed E-state index contributed by atoms with van der Waals surface area (Å²) in [6, 6.07) is 2.08. The number of nitriles is 1. The lowest BCUT2D eigenvalue weighted by molar-refractivity contribution is 0.0589. The van der Waals surface area contributed by atoms with Crippen LogP contribution < -0.4 is 0 Å². The highest BCUT2D eigenvalue weighted by Gasteiger charge is 2.25. The van der Waals surface area contributed by atoms with Crippen LogP contribution in [0.3, 0.4) is 0 Å². The maximum Gasteiger partial charge on any atom is 0.358 e. The highest BCUT2D eigenvalue weighted by Crippen LogP contribution is 2.35. The molecule has 0 unspecified atom stereocenters. The molecule has 116 valence electrons. The van der Waals surface area contributed by atoms with E-state index in [1.54, 1.807) is 18.7 Å². The van der Waals surface area contributed by atoms with Crippen molar-refractivity contribution in [3.8, 4) is 11.2 Å². The number of aromatic nitrogens is 3. The Balaban J connectivity index is 2.58. The lowest BCUT2D eigenvalue weighted by Crippen LogP contribution is -2.10. The Morgan fingerprint density at radius 1 is 1.55 bits per heavy atom. The zero-order valence-electron chi connectivity index (χ0n) is 12.4. The molecule has 0 aliphatic carbocycles. The number of carbonyl (C=O) groups excluding carboxylic acids is 1. The van der Waals surface area contributed by atoms with Crippen LogP contribution in [0.15, 0.2) is 8.68 Å². The molecule has 0 N–H and O–H groups in total. The molecule has 2 aromatic rings. The molecule has 2 heterocycles. The smallest absolute Gasteiger partial charge is 0.358 e. The number of halogens is 1. The van der Waals surface area contributed by atoms with Gasteiger partial charge in [-0.15, -0.1) is 11.8 Å². The first-order chi connectivity index (χ1) is 10.4. The minimum absolute atomic E-state index is 0.263. The lowest BCUT2D eigenvalue weighted by atomic mass is 10.4. The summed E-state index contributed by atoms with van der Waals surface area (Å²) in [5.41, 5.74) is 1.25. The van der Waals surface area contributed by atoms with Gasteiger partial charge in [0, 0.05) is 5.25 Å². The van der Waals surface area contributed by atoms with Crippen molar-refractivity contribution in [2.75, 3.05) is 7.11 Å². The van der Waals surface area contributed by atoms with Gasteiger partial charge in [0.25, 0.3) is 0 Å². The van der Waals surface area contributed by atoms with Crippen molar-refractivity contribution in [3.05, 3.63) is 21.6 Å². The van der Waals surface area contributed by atoms with Crippen molar-refractivity contribution in [1.29, 1.82) is 5.26 Å². The van der Waals surface area contributed by atoms with Gasteiger partial charge in [-0.25, -0.2) is 9.78 Å². The quantitative estimate of drug-likeness (QED) is 0.576.